The third-order valence-electron chi connectivity index (χ3n) is 3.60. The van der Waals surface area contributed by atoms with Crippen LogP contribution in [-0.4, -0.2) is 32.1 Å². The topological polar surface area (TPSA) is 87.6 Å². The molecule has 0 aliphatic heterocycles. The van der Waals surface area contributed by atoms with Crippen molar-refractivity contribution in [2.24, 2.45) is 0 Å². The van der Waals surface area contributed by atoms with Gasteiger partial charge >= 0.3 is 6.03 Å². The predicted molar refractivity (Wildman–Crippen MR) is 87.9 cm³/mol. The maximum absolute atomic E-state index is 11.9. The SMILES string of the molecule is C[C@H](NC(=O)NCCCn1ccnc1)c1nc2ccccc2[nH]1. The van der Waals surface area contributed by atoms with E-state index in [0.29, 0.717) is 6.54 Å². The number of imidazole rings is 2. The monoisotopic (exact) mass is 312 g/mol. The Morgan fingerprint density at radius 1 is 1.39 bits per heavy atom. The molecule has 0 saturated carbocycles. The third kappa shape index (κ3) is 3.88. The number of nitrogens with zero attached hydrogens (tertiary/aromatic N) is 3. The van der Waals surface area contributed by atoms with Crippen LogP contribution in [0.1, 0.15) is 25.2 Å². The van der Waals surface area contributed by atoms with E-state index in [1.807, 2.05) is 42.0 Å². The lowest BCUT2D eigenvalue weighted by Crippen LogP contribution is -2.38. The highest BCUT2D eigenvalue weighted by Crippen LogP contribution is 2.15. The van der Waals surface area contributed by atoms with E-state index in [0.717, 1.165) is 29.8 Å². The first-order valence-electron chi connectivity index (χ1n) is 7.67. The average molecular weight is 312 g/mol. The van der Waals surface area contributed by atoms with Gasteiger partial charge in [0.1, 0.15) is 5.82 Å². The molecule has 3 N–H and O–H groups in total. The minimum Gasteiger partial charge on any atom is -0.340 e. The molecule has 0 bridgehead atoms. The molecule has 0 unspecified atom stereocenters. The standard InChI is InChI=1S/C16H20N6O/c1-12(15-20-13-5-2-3-6-14(13)21-15)19-16(23)18-7-4-9-22-10-8-17-11-22/h2-3,5-6,8,10-12H,4,7,9H2,1H3,(H,20,21)(H2,18,19,23)/t12-/m0/s1. The number of aromatic amines is 1. The number of H-pyrrole nitrogens is 1. The summed E-state index contributed by atoms with van der Waals surface area (Å²) < 4.78 is 1.98. The largest absolute Gasteiger partial charge is 0.340 e. The molecule has 3 rings (SSSR count). The molecule has 7 heteroatoms. The second-order valence-electron chi connectivity index (χ2n) is 5.42. The lowest BCUT2D eigenvalue weighted by Gasteiger charge is -2.12. The van der Waals surface area contributed by atoms with Crippen molar-refractivity contribution in [2.45, 2.75) is 25.9 Å². The summed E-state index contributed by atoms with van der Waals surface area (Å²) in [4.78, 5) is 23.6. The molecule has 23 heavy (non-hydrogen) atoms. The van der Waals surface area contributed by atoms with Crippen LogP contribution in [0.25, 0.3) is 11.0 Å². The number of para-hydroxylation sites is 2. The van der Waals surface area contributed by atoms with E-state index >= 15 is 0 Å². The number of carbonyl (C=O) groups excluding carboxylic acids is 1. The molecule has 120 valence electrons. The van der Waals surface area contributed by atoms with E-state index in [1.54, 1.807) is 12.5 Å². The Kier molecular flexibility index (Phi) is 4.56. The summed E-state index contributed by atoms with van der Waals surface area (Å²) in [5.74, 6) is 0.750. The molecular weight excluding hydrogens is 292 g/mol. The van der Waals surface area contributed by atoms with Crippen molar-refractivity contribution in [3.63, 3.8) is 0 Å². The number of amides is 2. The zero-order valence-electron chi connectivity index (χ0n) is 13.0. The number of urea groups is 1. The summed E-state index contributed by atoms with van der Waals surface area (Å²) >= 11 is 0. The van der Waals surface area contributed by atoms with E-state index in [-0.39, 0.29) is 12.1 Å². The maximum atomic E-state index is 11.9. The van der Waals surface area contributed by atoms with Gasteiger partial charge in [-0.15, -0.1) is 0 Å². The molecule has 0 spiro atoms. The second kappa shape index (κ2) is 6.95. The number of hydrogen-bond donors (Lipinski definition) is 3. The summed E-state index contributed by atoms with van der Waals surface area (Å²) in [5, 5.41) is 5.74. The lowest BCUT2D eigenvalue weighted by molar-refractivity contribution is 0.237. The van der Waals surface area contributed by atoms with Crippen LogP contribution in [0.2, 0.25) is 0 Å². The maximum Gasteiger partial charge on any atom is 0.315 e. The highest BCUT2D eigenvalue weighted by molar-refractivity contribution is 5.76. The minimum atomic E-state index is -0.191. The van der Waals surface area contributed by atoms with E-state index in [2.05, 4.69) is 25.6 Å². The molecule has 0 aliphatic carbocycles. The third-order valence-corrected chi connectivity index (χ3v) is 3.60. The van der Waals surface area contributed by atoms with E-state index in [1.165, 1.54) is 0 Å². The summed E-state index contributed by atoms with van der Waals surface area (Å²) in [6, 6.07) is 7.43. The van der Waals surface area contributed by atoms with Gasteiger partial charge in [0.2, 0.25) is 0 Å². The van der Waals surface area contributed by atoms with E-state index < -0.39 is 0 Å². The first kappa shape index (κ1) is 15.1. The van der Waals surface area contributed by atoms with Crippen LogP contribution in [0.3, 0.4) is 0 Å². The fourth-order valence-corrected chi connectivity index (χ4v) is 2.38. The molecule has 7 nitrogen and oxygen atoms in total. The smallest absolute Gasteiger partial charge is 0.315 e. The lowest BCUT2D eigenvalue weighted by atomic mass is 10.3. The molecule has 3 aromatic rings. The van der Waals surface area contributed by atoms with E-state index in [9.17, 15) is 4.79 Å². The van der Waals surface area contributed by atoms with Crippen LogP contribution in [-0.2, 0) is 6.54 Å². The Hall–Kier alpha value is -2.83. The number of hydrogen-bond acceptors (Lipinski definition) is 3. The number of fused-ring (bicyclic) bond motifs is 1. The van der Waals surface area contributed by atoms with Gasteiger partial charge in [-0.3, -0.25) is 0 Å². The fraction of sp³-hybridized carbons (Fsp3) is 0.312. The molecule has 1 atom stereocenters. The molecule has 2 heterocycles. The van der Waals surface area contributed by atoms with Crippen LogP contribution in [0.5, 0.6) is 0 Å². The van der Waals surface area contributed by atoms with Crippen LogP contribution in [0.15, 0.2) is 43.0 Å². The Morgan fingerprint density at radius 2 is 2.26 bits per heavy atom. The number of aryl methyl sites for hydroxylation is 1. The van der Waals surface area contributed by atoms with Gasteiger partial charge in [-0.25, -0.2) is 14.8 Å². The van der Waals surface area contributed by atoms with Crippen LogP contribution < -0.4 is 10.6 Å². The second-order valence-corrected chi connectivity index (χ2v) is 5.42. The number of rotatable bonds is 6. The minimum absolute atomic E-state index is 0.184. The predicted octanol–water partition coefficient (Wildman–Crippen LogP) is 2.21. The molecule has 0 aliphatic rings. The average Bonchev–Trinajstić information content (AvgIpc) is 3.20. The fourth-order valence-electron chi connectivity index (χ4n) is 2.38. The van der Waals surface area contributed by atoms with E-state index in [4.69, 9.17) is 0 Å². The Morgan fingerprint density at radius 3 is 3.04 bits per heavy atom. The first-order valence-corrected chi connectivity index (χ1v) is 7.67. The zero-order valence-corrected chi connectivity index (χ0v) is 13.0. The molecule has 2 amide bonds. The first-order chi connectivity index (χ1) is 11.2. The van der Waals surface area contributed by atoms with Crippen molar-refractivity contribution in [2.75, 3.05) is 6.54 Å². The van der Waals surface area contributed by atoms with Gasteiger partial charge in [0.05, 0.1) is 23.4 Å². The van der Waals surface area contributed by atoms with Crippen LogP contribution in [0, 0.1) is 0 Å². The van der Waals surface area contributed by atoms with Gasteiger partial charge in [0.15, 0.2) is 0 Å². The number of carbonyl (C=O) groups is 1. The van der Waals surface area contributed by atoms with Crippen molar-refractivity contribution in [1.82, 2.24) is 30.2 Å². The van der Waals surface area contributed by atoms with Crippen molar-refractivity contribution in [1.29, 1.82) is 0 Å². The number of aromatic nitrogens is 4. The summed E-state index contributed by atoms with van der Waals surface area (Å²) in [6.45, 7) is 3.35. The van der Waals surface area contributed by atoms with Gasteiger partial charge in [-0.1, -0.05) is 12.1 Å². The van der Waals surface area contributed by atoms with Gasteiger partial charge in [0.25, 0.3) is 0 Å². The Bertz CT molecular complexity index is 731. The zero-order chi connectivity index (χ0) is 16.1. The molecule has 2 aromatic heterocycles. The van der Waals surface area contributed by atoms with Gasteiger partial charge < -0.3 is 20.2 Å². The highest BCUT2D eigenvalue weighted by atomic mass is 16.2. The summed E-state index contributed by atoms with van der Waals surface area (Å²) in [6.07, 6.45) is 6.27. The normalized spacial score (nSPS) is 12.2. The number of benzene rings is 1. The number of nitrogens with one attached hydrogen (secondary N) is 3. The quantitative estimate of drug-likeness (QED) is 0.610. The Balaban J connectivity index is 1.45. The molecule has 0 radical (unpaired) electrons. The van der Waals surface area contributed by atoms with Crippen molar-refractivity contribution >= 4 is 17.1 Å². The summed E-state index contributed by atoms with van der Waals surface area (Å²) in [7, 11) is 0. The van der Waals surface area contributed by atoms with Crippen LogP contribution in [0.4, 0.5) is 4.79 Å². The Labute approximate surface area is 134 Å². The van der Waals surface area contributed by atoms with Crippen molar-refractivity contribution in [3.05, 3.63) is 48.8 Å². The van der Waals surface area contributed by atoms with Crippen molar-refractivity contribution < 1.29 is 4.79 Å². The van der Waals surface area contributed by atoms with Gasteiger partial charge in [-0.05, 0) is 25.5 Å². The molecular formula is C16H20N6O. The molecule has 0 saturated heterocycles. The van der Waals surface area contributed by atoms with Gasteiger partial charge in [0, 0.05) is 25.5 Å². The van der Waals surface area contributed by atoms with Gasteiger partial charge in [-0.2, -0.15) is 0 Å². The highest BCUT2D eigenvalue weighted by Gasteiger charge is 2.12. The molecule has 1 aromatic carbocycles. The summed E-state index contributed by atoms with van der Waals surface area (Å²) in [5.41, 5.74) is 1.87. The van der Waals surface area contributed by atoms with Crippen LogP contribution >= 0.6 is 0 Å². The molecule has 0 fully saturated rings. The van der Waals surface area contributed by atoms with Crippen molar-refractivity contribution in [3.8, 4) is 0 Å².